The molecule has 1 aromatic carbocycles. The maximum Gasteiger partial charge on any atom is 0.335 e. The number of carbonyl (C=O) groups excluding carboxylic acids is 1. The number of nitrogens with zero attached hydrogens (tertiary/aromatic N) is 1. The number of amides is 1. The van der Waals surface area contributed by atoms with Gasteiger partial charge in [0.2, 0.25) is 5.91 Å². The third-order valence-electron chi connectivity index (χ3n) is 3.19. The fourth-order valence-electron chi connectivity index (χ4n) is 2.10. The smallest absolute Gasteiger partial charge is 0.335 e. The summed E-state index contributed by atoms with van der Waals surface area (Å²) in [6, 6.07) is 4.94. The van der Waals surface area contributed by atoms with Crippen LogP contribution in [0.4, 0.5) is 0 Å². The van der Waals surface area contributed by atoms with E-state index in [-0.39, 0.29) is 18.1 Å². The van der Waals surface area contributed by atoms with Gasteiger partial charge in [0.25, 0.3) is 0 Å². The summed E-state index contributed by atoms with van der Waals surface area (Å²) >= 11 is 0. The topological polar surface area (TPSA) is 76.1 Å². The summed E-state index contributed by atoms with van der Waals surface area (Å²) in [4.78, 5) is 24.5. The number of carboxylic acids is 1. The third kappa shape index (κ3) is 3.34. The van der Waals surface area contributed by atoms with Crippen molar-refractivity contribution in [2.24, 2.45) is 0 Å². The van der Waals surface area contributed by atoms with Crippen LogP contribution < -0.4 is 0 Å². The Morgan fingerprint density at radius 2 is 2.00 bits per heavy atom. The zero-order valence-corrected chi connectivity index (χ0v) is 11.3. The van der Waals surface area contributed by atoms with Gasteiger partial charge in [-0.2, -0.15) is 0 Å². The normalized spacial score (nSPS) is 13.3. The lowest BCUT2D eigenvalue weighted by atomic mass is 10.1. The molecule has 0 bridgehead atoms. The lowest BCUT2D eigenvalue weighted by molar-refractivity contribution is -0.137. The molecule has 1 heterocycles. The zero-order valence-electron chi connectivity index (χ0n) is 11.3. The van der Waals surface area contributed by atoms with Gasteiger partial charge in [-0.15, -0.1) is 0 Å². The molecule has 1 aromatic rings. The quantitative estimate of drug-likeness (QED) is 0.783. The van der Waals surface area contributed by atoms with E-state index < -0.39 is 5.97 Å². The SMILES string of the molecule is COCCOCC(=O)N1Cc2ccc(C(=O)O)cc2C1. The average molecular weight is 279 g/mol. The van der Waals surface area contributed by atoms with Gasteiger partial charge in [-0.3, -0.25) is 4.79 Å². The molecule has 0 fully saturated rings. The predicted molar refractivity (Wildman–Crippen MR) is 70.4 cm³/mol. The van der Waals surface area contributed by atoms with Crippen LogP contribution in [-0.4, -0.2) is 48.8 Å². The molecule has 0 unspecified atom stereocenters. The van der Waals surface area contributed by atoms with Crippen LogP contribution in [0.2, 0.25) is 0 Å². The number of fused-ring (bicyclic) bond motifs is 1. The number of methoxy groups -OCH3 is 1. The van der Waals surface area contributed by atoms with E-state index in [4.69, 9.17) is 14.6 Å². The number of ether oxygens (including phenoxy) is 2. The first-order valence-electron chi connectivity index (χ1n) is 6.31. The van der Waals surface area contributed by atoms with Gasteiger partial charge in [0.05, 0.1) is 18.8 Å². The van der Waals surface area contributed by atoms with Crippen LogP contribution >= 0.6 is 0 Å². The fourth-order valence-corrected chi connectivity index (χ4v) is 2.10. The molecule has 0 atom stereocenters. The number of carboxylic acid groups (broad SMARTS) is 1. The van der Waals surface area contributed by atoms with E-state index in [1.165, 1.54) is 0 Å². The van der Waals surface area contributed by atoms with Gasteiger partial charge in [0.1, 0.15) is 6.61 Å². The van der Waals surface area contributed by atoms with E-state index in [2.05, 4.69) is 0 Å². The minimum absolute atomic E-state index is 0.0170. The number of rotatable bonds is 6. The number of benzene rings is 1. The van der Waals surface area contributed by atoms with E-state index in [1.807, 2.05) is 0 Å². The monoisotopic (exact) mass is 279 g/mol. The van der Waals surface area contributed by atoms with Crippen molar-refractivity contribution in [3.63, 3.8) is 0 Å². The molecule has 1 aliphatic rings. The first kappa shape index (κ1) is 14.5. The molecule has 0 spiro atoms. The Morgan fingerprint density at radius 3 is 2.70 bits per heavy atom. The minimum atomic E-state index is -0.958. The van der Waals surface area contributed by atoms with E-state index in [9.17, 15) is 9.59 Å². The van der Waals surface area contributed by atoms with Gasteiger partial charge in [-0.25, -0.2) is 4.79 Å². The Hall–Kier alpha value is -1.92. The second kappa shape index (κ2) is 6.49. The maximum atomic E-state index is 11.9. The van der Waals surface area contributed by atoms with Crippen molar-refractivity contribution in [1.29, 1.82) is 0 Å². The molecule has 0 radical (unpaired) electrons. The molecule has 0 saturated heterocycles. The van der Waals surface area contributed by atoms with Crippen LogP contribution in [-0.2, 0) is 27.4 Å². The molecule has 1 amide bonds. The highest BCUT2D eigenvalue weighted by atomic mass is 16.5. The van der Waals surface area contributed by atoms with Crippen molar-refractivity contribution in [2.45, 2.75) is 13.1 Å². The highest BCUT2D eigenvalue weighted by molar-refractivity contribution is 5.88. The largest absolute Gasteiger partial charge is 0.478 e. The van der Waals surface area contributed by atoms with Gasteiger partial charge in [0, 0.05) is 20.2 Å². The maximum absolute atomic E-state index is 11.9. The summed E-state index contributed by atoms with van der Waals surface area (Å²) in [5.74, 6) is -1.06. The standard InChI is InChI=1S/C14H17NO5/c1-19-4-5-20-9-13(16)15-7-11-3-2-10(14(17)18)6-12(11)8-15/h2-3,6H,4-5,7-9H2,1H3,(H,17,18). The Balaban J connectivity index is 1.92. The number of hydrogen-bond acceptors (Lipinski definition) is 4. The average Bonchev–Trinajstić information content (AvgIpc) is 2.86. The Kier molecular flexibility index (Phi) is 4.70. The lowest BCUT2D eigenvalue weighted by Crippen LogP contribution is -2.29. The van der Waals surface area contributed by atoms with E-state index in [0.29, 0.717) is 26.3 Å². The third-order valence-corrected chi connectivity index (χ3v) is 3.19. The molecule has 0 saturated carbocycles. The van der Waals surface area contributed by atoms with Crippen molar-refractivity contribution in [2.75, 3.05) is 26.9 Å². The Bertz CT molecular complexity index is 514. The first-order chi connectivity index (χ1) is 9.61. The van der Waals surface area contributed by atoms with Crippen molar-refractivity contribution in [3.05, 3.63) is 34.9 Å². The van der Waals surface area contributed by atoms with Gasteiger partial charge in [0.15, 0.2) is 0 Å². The van der Waals surface area contributed by atoms with Crippen LogP contribution in [0, 0.1) is 0 Å². The number of aromatic carboxylic acids is 1. The molecular weight excluding hydrogens is 262 g/mol. The van der Waals surface area contributed by atoms with E-state index in [0.717, 1.165) is 11.1 Å². The van der Waals surface area contributed by atoms with Crippen LogP contribution in [0.5, 0.6) is 0 Å². The molecular formula is C14H17NO5. The summed E-state index contributed by atoms with van der Waals surface area (Å²) < 4.78 is 10.0. The molecule has 0 aliphatic carbocycles. The summed E-state index contributed by atoms with van der Waals surface area (Å²) in [6.45, 7) is 1.79. The molecule has 1 aliphatic heterocycles. The molecule has 1 N–H and O–H groups in total. The van der Waals surface area contributed by atoms with Crippen LogP contribution in [0.3, 0.4) is 0 Å². The number of carbonyl (C=O) groups is 2. The van der Waals surface area contributed by atoms with Gasteiger partial charge in [-0.05, 0) is 23.3 Å². The molecule has 0 aromatic heterocycles. The number of hydrogen-bond donors (Lipinski definition) is 1. The van der Waals surface area contributed by atoms with E-state index in [1.54, 1.807) is 30.2 Å². The summed E-state index contributed by atoms with van der Waals surface area (Å²) in [6.07, 6.45) is 0. The fraction of sp³-hybridized carbons (Fsp3) is 0.429. The summed E-state index contributed by atoms with van der Waals surface area (Å²) in [5.41, 5.74) is 2.12. The Labute approximate surface area is 116 Å². The van der Waals surface area contributed by atoms with Crippen LogP contribution in [0.15, 0.2) is 18.2 Å². The zero-order chi connectivity index (χ0) is 14.5. The summed E-state index contributed by atoms with van der Waals surface area (Å²) in [5, 5.41) is 8.95. The molecule has 108 valence electrons. The second-order valence-electron chi connectivity index (χ2n) is 4.58. The molecule has 6 heteroatoms. The highest BCUT2D eigenvalue weighted by Crippen LogP contribution is 2.24. The van der Waals surface area contributed by atoms with Gasteiger partial charge in [-0.1, -0.05) is 6.07 Å². The predicted octanol–water partition coefficient (Wildman–Crippen LogP) is 0.890. The van der Waals surface area contributed by atoms with Gasteiger partial charge < -0.3 is 19.5 Å². The minimum Gasteiger partial charge on any atom is -0.478 e. The highest BCUT2D eigenvalue weighted by Gasteiger charge is 2.24. The molecule has 20 heavy (non-hydrogen) atoms. The molecule has 6 nitrogen and oxygen atoms in total. The second-order valence-corrected chi connectivity index (χ2v) is 4.58. The van der Waals surface area contributed by atoms with Crippen molar-refractivity contribution < 1.29 is 24.2 Å². The van der Waals surface area contributed by atoms with Crippen LogP contribution in [0.25, 0.3) is 0 Å². The lowest BCUT2D eigenvalue weighted by Gasteiger charge is -2.15. The van der Waals surface area contributed by atoms with Crippen molar-refractivity contribution in [1.82, 2.24) is 4.90 Å². The van der Waals surface area contributed by atoms with Crippen molar-refractivity contribution >= 4 is 11.9 Å². The van der Waals surface area contributed by atoms with Gasteiger partial charge >= 0.3 is 5.97 Å². The first-order valence-corrected chi connectivity index (χ1v) is 6.31. The molecule has 2 rings (SSSR count). The van der Waals surface area contributed by atoms with E-state index >= 15 is 0 Å². The Morgan fingerprint density at radius 1 is 1.25 bits per heavy atom. The summed E-state index contributed by atoms with van der Waals surface area (Å²) in [7, 11) is 1.57. The van der Waals surface area contributed by atoms with Crippen molar-refractivity contribution in [3.8, 4) is 0 Å². The van der Waals surface area contributed by atoms with Crippen LogP contribution in [0.1, 0.15) is 21.5 Å².